The summed E-state index contributed by atoms with van der Waals surface area (Å²) in [6.07, 6.45) is 9.63. The van der Waals surface area contributed by atoms with E-state index in [0.717, 1.165) is 53.1 Å². The van der Waals surface area contributed by atoms with E-state index in [2.05, 4.69) is 33.0 Å². The third-order valence-corrected chi connectivity index (χ3v) is 6.35. The Bertz CT molecular complexity index is 1530. The third-order valence-electron chi connectivity index (χ3n) is 5.77. The molecule has 1 aliphatic carbocycles. The molecule has 32 heavy (non-hydrogen) atoms. The Morgan fingerprint density at radius 2 is 2.06 bits per heavy atom. The van der Waals surface area contributed by atoms with Crippen LogP contribution in [0.25, 0.3) is 33.1 Å². The van der Waals surface area contributed by atoms with Crippen molar-refractivity contribution in [2.45, 2.75) is 19.3 Å². The molecule has 1 atom stereocenters. The predicted molar refractivity (Wildman–Crippen MR) is 125 cm³/mol. The second-order valence-electron chi connectivity index (χ2n) is 8.08. The van der Waals surface area contributed by atoms with Gasteiger partial charge < -0.3 is 0 Å². The van der Waals surface area contributed by atoms with Gasteiger partial charge in [-0.15, -0.1) is 0 Å². The summed E-state index contributed by atoms with van der Waals surface area (Å²) in [6, 6.07) is 15.9. The first-order chi connectivity index (χ1) is 15.4. The van der Waals surface area contributed by atoms with E-state index in [1.165, 1.54) is 5.57 Å². The lowest BCUT2D eigenvalue weighted by Gasteiger charge is -2.18. The summed E-state index contributed by atoms with van der Waals surface area (Å²) in [4.78, 5) is 4.40. The van der Waals surface area contributed by atoms with Gasteiger partial charge in [0.25, 0.3) is 0 Å². The lowest BCUT2D eigenvalue weighted by molar-refractivity contribution is 0.604. The molecule has 7 nitrogen and oxygen atoms in total. The van der Waals surface area contributed by atoms with Gasteiger partial charge in [0.1, 0.15) is 5.82 Å². The van der Waals surface area contributed by atoms with Crippen LogP contribution in [-0.4, -0.2) is 29.3 Å². The van der Waals surface area contributed by atoms with E-state index in [1.54, 1.807) is 6.07 Å². The zero-order valence-electron chi connectivity index (χ0n) is 17.5. The Kier molecular flexibility index (Phi) is 4.91. The van der Waals surface area contributed by atoms with Crippen molar-refractivity contribution in [3.8, 4) is 17.2 Å². The molecule has 3 aromatic heterocycles. The van der Waals surface area contributed by atoms with Crippen LogP contribution in [0.15, 0.2) is 60.9 Å². The fraction of sp³-hybridized carbons (Fsp3) is 0.208. The highest BCUT2D eigenvalue weighted by molar-refractivity contribution is 7.92. The number of allylic oxidation sites excluding steroid dienone is 2. The number of nitrogens with one attached hydrogen (secondary N) is 1. The van der Waals surface area contributed by atoms with Crippen LogP contribution in [0.5, 0.6) is 0 Å². The summed E-state index contributed by atoms with van der Waals surface area (Å²) < 4.78 is 27.3. The Morgan fingerprint density at radius 3 is 2.81 bits per heavy atom. The van der Waals surface area contributed by atoms with Crippen LogP contribution in [0, 0.1) is 17.2 Å². The number of rotatable bonds is 4. The van der Waals surface area contributed by atoms with Crippen molar-refractivity contribution in [1.82, 2.24) is 14.6 Å². The molecule has 0 saturated heterocycles. The zero-order valence-corrected chi connectivity index (χ0v) is 18.3. The van der Waals surface area contributed by atoms with Crippen LogP contribution < -0.4 is 4.72 Å². The van der Waals surface area contributed by atoms with E-state index in [1.807, 2.05) is 47.2 Å². The maximum atomic E-state index is 11.5. The van der Waals surface area contributed by atoms with Gasteiger partial charge in [0, 0.05) is 22.7 Å². The van der Waals surface area contributed by atoms with Crippen molar-refractivity contribution >= 4 is 37.8 Å². The van der Waals surface area contributed by atoms with E-state index in [4.69, 9.17) is 0 Å². The molecule has 3 heterocycles. The largest absolute Gasteiger partial charge is 0.268 e. The first-order valence-corrected chi connectivity index (χ1v) is 12.2. The lowest BCUT2D eigenvalue weighted by Crippen LogP contribution is -2.10. The van der Waals surface area contributed by atoms with Crippen molar-refractivity contribution in [3.63, 3.8) is 0 Å². The van der Waals surface area contributed by atoms with Crippen molar-refractivity contribution in [3.05, 3.63) is 66.5 Å². The summed E-state index contributed by atoms with van der Waals surface area (Å²) >= 11 is 0. The Balaban J connectivity index is 1.58. The molecule has 0 radical (unpaired) electrons. The number of fused-ring (bicyclic) bond motifs is 2. The SMILES string of the molecule is CS(=O)(=O)Nc1ccc2cc(-c3cnn4cccc(C5=CCC(C#N)CC5)c34)ccc2n1. The molecule has 0 aliphatic heterocycles. The van der Waals surface area contributed by atoms with E-state index in [0.29, 0.717) is 11.3 Å². The highest BCUT2D eigenvalue weighted by atomic mass is 32.2. The predicted octanol–water partition coefficient (Wildman–Crippen LogP) is 4.63. The topological polar surface area (TPSA) is 100 Å². The number of anilines is 1. The number of aromatic nitrogens is 3. The van der Waals surface area contributed by atoms with Gasteiger partial charge in [-0.2, -0.15) is 10.4 Å². The van der Waals surface area contributed by atoms with Gasteiger partial charge in [-0.25, -0.2) is 17.9 Å². The monoisotopic (exact) mass is 443 g/mol. The molecule has 0 fully saturated rings. The van der Waals surface area contributed by atoms with E-state index >= 15 is 0 Å². The highest BCUT2D eigenvalue weighted by Gasteiger charge is 2.19. The van der Waals surface area contributed by atoms with Crippen LogP contribution in [0.2, 0.25) is 0 Å². The standard InChI is InChI=1S/C24H21N5O2S/c1-32(30,31)28-23-11-9-19-13-18(8-10-22(19)27-23)21-15-26-29-12-2-3-20(24(21)29)17-6-4-16(14-25)5-7-17/h2-3,6,8-13,15-16H,4-5,7H2,1H3,(H,27,28). The highest BCUT2D eigenvalue weighted by Crippen LogP contribution is 2.36. The van der Waals surface area contributed by atoms with Gasteiger partial charge >= 0.3 is 0 Å². The second kappa shape index (κ2) is 7.77. The fourth-order valence-corrected chi connectivity index (χ4v) is 4.74. The number of sulfonamides is 1. The van der Waals surface area contributed by atoms with E-state index in [-0.39, 0.29) is 5.92 Å². The van der Waals surface area contributed by atoms with E-state index in [9.17, 15) is 13.7 Å². The van der Waals surface area contributed by atoms with Gasteiger partial charge in [-0.05, 0) is 60.7 Å². The lowest BCUT2D eigenvalue weighted by atomic mass is 9.86. The van der Waals surface area contributed by atoms with Crippen LogP contribution in [-0.2, 0) is 10.0 Å². The first-order valence-electron chi connectivity index (χ1n) is 10.4. The summed E-state index contributed by atoms with van der Waals surface area (Å²) in [7, 11) is -3.38. The van der Waals surface area contributed by atoms with Crippen molar-refractivity contribution in [2.75, 3.05) is 11.0 Å². The van der Waals surface area contributed by atoms with Crippen LogP contribution >= 0.6 is 0 Å². The molecule has 0 amide bonds. The van der Waals surface area contributed by atoms with E-state index < -0.39 is 10.0 Å². The smallest absolute Gasteiger partial charge is 0.230 e. The number of pyridine rings is 2. The van der Waals surface area contributed by atoms with Gasteiger partial charge in [0.15, 0.2) is 0 Å². The van der Waals surface area contributed by atoms with Crippen LogP contribution in [0.4, 0.5) is 5.82 Å². The molecule has 8 heteroatoms. The summed E-state index contributed by atoms with van der Waals surface area (Å²) in [5.74, 6) is 0.392. The fourth-order valence-electron chi connectivity index (χ4n) is 4.25. The number of hydrogen-bond donors (Lipinski definition) is 1. The minimum atomic E-state index is -3.38. The average molecular weight is 444 g/mol. The molecule has 1 aromatic carbocycles. The number of nitriles is 1. The van der Waals surface area contributed by atoms with Crippen LogP contribution in [0.1, 0.15) is 24.8 Å². The molecule has 160 valence electrons. The Labute approximate surface area is 186 Å². The maximum Gasteiger partial charge on any atom is 0.230 e. The van der Waals surface area contributed by atoms with Crippen molar-refractivity contribution in [2.24, 2.45) is 5.92 Å². The summed E-state index contributed by atoms with van der Waals surface area (Å²) in [5, 5.41) is 14.7. The summed E-state index contributed by atoms with van der Waals surface area (Å²) in [6.45, 7) is 0. The maximum absolute atomic E-state index is 11.5. The van der Waals surface area contributed by atoms with Crippen LogP contribution in [0.3, 0.4) is 0 Å². The molecule has 0 spiro atoms. The third kappa shape index (κ3) is 3.83. The molecule has 1 aliphatic rings. The van der Waals surface area contributed by atoms with Crippen molar-refractivity contribution < 1.29 is 8.42 Å². The summed E-state index contributed by atoms with van der Waals surface area (Å²) in [5.41, 5.74) is 6.17. The zero-order chi connectivity index (χ0) is 22.3. The molecule has 1 N–H and O–H groups in total. The molecule has 0 saturated carbocycles. The second-order valence-corrected chi connectivity index (χ2v) is 9.83. The minimum Gasteiger partial charge on any atom is -0.268 e. The molecule has 0 bridgehead atoms. The molecule has 5 rings (SSSR count). The number of nitrogens with zero attached hydrogens (tertiary/aromatic N) is 4. The Morgan fingerprint density at radius 1 is 1.19 bits per heavy atom. The number of hydrogen-bond acceptors (Lipinski definition) is 5. The quantitative estimate of drug-likeness (QED) is 0.496. The molecular formula is C24H21N5O2S. The van der Waals surface area contributed by atoms with Crippen molar-refractivity contribution in [1.29, 1.82) is 5.26 Å². The van der Waals surface area contributed by atoms with Gasteiger partial charge in [-0.1, -0.05) is 18.2 Å². The molecular weight excluding hydrogens is 422 g/mol. The minimum absolute atomic E-state index is 0.0953. The molecule has 4 aromatic rings. The molecule has 1 unspecified atom stereocenters. The Hall–Kier alpha value is -3.70. The first kappa shape index (κ1) is 20.2. The normalized spacial score (nSPS) is 16.6. The van der Waals surface area contributed by atoms with Gasteiger partial charge in [0.2, 0.25) is 10.0 Å². The van der Waals surface area contributed by atoms with Gasteiger partial charge in [-0.3, -0.25) is 4.72 Å². The number of benzene rings is 1. The average Bonchev–Trinajstić information content (AvgIpc) is 3.22. The van der Waals surface area contributed by atoms with Gasteiger partial charge in [0.05, 0.1) is 35.5 Å².